The van der Waals surface area contributed by atoms with Gasteiger partial charge in [0.25, 0.3) is 0 Å². The summed E-state index contributed by atoms with van der Waals surface area (Å²) < 4.78 is 0. The predicted octanol–water partition coefficient (Wildman–Crippen LogP) is 2.94. The molecular weight excluding hydrogens is 366 g/mol. The Hall–Kier alpha value is -3.38. The Morgan fingerprint density at radius 1 is 1.07 bits per heavy atom. The summed E-state index contributed by atoms with van der Waals surface area (Å²) in [7, 11) is 0. The number of carbonyl (C=O) groups excluding carboxylic acids is 2. The van der Waals surface area contributed by atoms with Gasteiger partial charge >= 0.3 is 0 Å². The summed E-state index contributed by atoms with van der Waals surface area (Å²) in [6.45, 7) is 0. The van der Waals surface area contributed by atoms with E-state index < -0.39 is 11.8 Å². The first-order valence-electron chi connectivity index (χ1n) is 8.01. The van der Waals surface area contributed by atoms with E-state index >= 15 is 0 Å². The van der Waals surface area contributed by atoms with Gasteiger partial charge in [0, 0.05) is 17.3 Å². The first-order chi connectivity index (χ1) is 12.9. The van der Waals surface area contributed by atoms with Crippen LogP contribution in [0.4, 0.5) is 0 Å². The lowest BCUT2D eigenvalue weighted by atomic mass is 9.89. The maximum absolute atomic E-state index is 13.0. The average Bonchev–Trinajstić information content (AvgIpc) is 2.67. The first-order valence-corrected chi connectivity index (χ1v) is 8.39. The zero-order valence-electron chi connectivity index (χ0n) is 14.1. The molecule has 0 saturated heterocycles. The number of hydrogen-bond acceptors (Lipinski definition) is 5. The minimum atomic E-state index is -0.813. The minimum Gasteiger partial charge on any atom is -0.506 e. The lowest BCUT2D eigenvalue weighted by Crippen LogP contribution is -2.23. The fraction of sp³-hybridized carbons (Fsp3) is 0.0500. The van der Waals surface area contributed by atoms with Crippen molar-refractivity contribution < 1.29 is 14.7 Å². The Kier molecular flexibility index (Phi) is 5.09. The van der Waals surface area contributed by atoms with Crippen molar-refractivity contribution in [3.05, 3.63) is 76.3 Å². The van der Waals surface area contributed by atoms with Gasteiger partial charge in [-0.1, -0.05) is 48.0 Å². The maximum atomic E-state index is 13.0. The number of primary amides is 1. The number of ketones is 1. The van der Waals surface area contributed by atoms with E-state index in [4.69, 9.17) is 23.2 Å². The van der Waals surface area contributed by atoms with Gasteiger partial charge in [0.1, 0.15) is 11.7 Å². The molecule has 0 aliphatic rings. The second-order valence-electron chi connectivity index (χ2n) is 5.92. The van der Waals surface area contributed by atoms with Gasteiger partial charge in [-0.05, 0) is 34.5 Å². The molecule has 0 aromatic heterocycles. The van der Waals surface area contributed by atoms with Crippen molar-refractivity contribution in [1.29, 1.82) is 0 Å². The SMILES string of the molecule is NN=CC(C(N)=O)c1ccc(C(=O)c2ccc(O)c(Cl)c2)c2ccccc12. The van der Waals surface area contributed by atoms with Crippen LogP contribution in [0.15, 0.2) is 59.7 Å². The van der Waals surface area contributed by atoms with Gasteiger partial charge < -0.3 is 16.7 Å². The molecule has 0 fully saturated rings. The van der Waals surface area contributed by atoms with Crippen LogP contribution in [0.25, 0.3) is 10.8 Å². The summed E-state index contributed by atoms with van der Waals surface area (Å²) in [5.74, 6) is 3.43. The minimum absolute atomic E-state index is 0.0923. The fourth-order valence-electron chi connectivity index (χ4n) is 2.99. The fourth-order valence-corrected chi connectivity index (χ4v) is 3.17. The van der Waals surface area contributed by atoms with E-state index in [1.807, 2.05) is 0 Å². The normalized spacial score (nSPS) is 12.3. The zero-order chi connectivity index (χ0) is 19.6. The molecule has 1 atom stereocenters. The average molecular weight is 382 g/mol. The Balaban J connectivity index is 2.19. The van der Waals surface area contributed by atoms with Crippen LogP contribution in [-0.2, 0) is 4.79 Å². The van der Waals surface area contributed by atoms with Crippen molar-refractivity contribution in [3.8, 4) is 5.75 Å². The predicted molar refractivity (Wildman–Crippen MR) is 105 cm³/mol. The molecule has 3 aromatic carbocycles. The van der Waals surface area contributed by atoms with E-state index in [0.717, 1.165) is 0 Å². The number of carbonyl (C=O) groups is 2. The van der Waals surface area contributed by atoms with E-state index in [1.54, 1.807) is 36.4 Å². The number of fused-ring (bicyclic) bond motifs is 1. The van der Waals surface area contributed by atoms with E-state index in [0.29, 0.717) is 27.5 Å². The Morgan fingerprint density at radius 2 is 1.78 bits per heavy atom. The molecule has 0 aliphatic carbocycles. The van der Waals surface area contributed by atoms with Crippen LogP contribution in [0.2, 0.25) is 5.02 Å². The number of amides is 1. The largest absolute Gasteiger partial charge is 0.506 e. The van der Waals surface area contributed by atoms with Gasteiger partial charge in [-0.15, -0.1) is 0 Å². The lowest BCUT2D eigenvalue weighted by molar-refractivity contribution is -0.117. The highest BCUT2D eigenvalue weighted by molar-refractivity contribution is 6.32. The van der Waals surface area contributed by atoms with Crippen LogP contribution in [0.5, 0.6) is 5.75 Å². The van der Waals surface area contributed by atoms with Gasteiger partial charge in [-0.3, -0.25) is 9.59 Å². The third-order valence-corrected chi connectivity index (χ3v) is 4.59. The standard InChI is InChI=1S/C20H16ClN3O3/c21-17-9-11(5-8-18(17)25)19(26)15-7-6-14(16(10-24-23)20(22)27)12-3-1-2-4-13(12)15/h1-10,16,25H,23H2,(H2,22,27). The number of nitrogens with zero attached hydrogens (tertiary/aromatic N) is 1. The number of phenols is 1. The molecule has 136 valence electrons. The van der Waals surface area contributed by atoms with Crippen molar-refractivity contribution in [3.63, 3.8) is 0 Å². The number of nitrogens with two attached hydrogens (primary N) is 2. The molecule has 7 heteroatoms. The quantitative estimate of drug-likeness (QED) is 0.272. The topological polar surface area (TPSA) is 119 Å². The van der Waals surface area contributed by atoms with Gasteiger partial charge in [0.05, 0.1) is 5.02 Å². The lowest BCUT2D eigenvalue weighted by Gasteiger charge is -2.14. The molecule has 1 amide bonds. The number of hydrogen-bond donors (Lipinski definition) is 3. The number of rotatable bonds is 5. The third kappa shape index (κ3) is 3.47. The van der Waals surface area contributed by atoms with Crippen molar-refractivity contribution in [1.82, 2.24) is 0 Å². The molecule has 5 N–H and O–H groups in total. The number of phenolic OH excluding ortho intramolecular Hbond substituents is 1. The molecule has 3 aromatic rings. The Bertz CT molecular complexity index is 1080. The molecule has 0 aliphatic heterocycles. The van der Waals surface area contributed by atoms with Crippen LogP contribution in [0, 0.1) is 0 Å². The van der Waals surface area contributed by atoms with Crippen LogP contribution in [-0.4, -0.2) is 23.0 Å². The molecule has 0 radical (unpaired) electrons. The molecule has 27 heavy (non-hydrogen) atoms. The Labute approximate surface area is 160 Å². The monoisotopic (exact) mass is 381 g/mol. The highest BCUT2D eigenvalue weighted by Crippen LogP contribution is 2.30. The summed E-state index contributed by atoms with van der Waals surface area (Å²) in [4.78, 5) is 24.8. The van der Waals surface area contributed by atoms with Crippen LogP contribution < -0.4 is 11.6 Å². The van der Waals surface area contributed by atoms with Crippen molar-refractivity contribution in [2.75, 3.05) is 0 Å². The molecule has 3 rings (SSSR count). The highest BCUT2D eigenvalue weighted by Gasteiger charge is 2.21. The molecule has 0 saturated carbocycles. The maximum Gasteiger partial charge on any atom is 0.230 e. The van der Waals surface area contributed by atoms with Crippen LogP contribution in [0.1, 0.15) is 27.4 Å². The van der Waals surface area contributed by atoms with E-state index in [-0.39, 0.29) is 16.6 Å². The van der Waals surface area contributed by atoms with Crippen molar-refractivity contribution in [2.24, 2.45) is 16.7 Å². The second-order valence-corrected chi connectivity index (χ2v) is 6.33. The molecule has 0 spiro atoms. The van der Waals surface area contributed by atoms with Crippen LogP contribution >= 0.6 is 11.6 Å². The molecule has 0 heterocycles. The second kappa shape index (κ2) is 7.47. The molecule has 6 nitrogen and oxygen atoms in total. The molecular formula is C20H16ClN3O3. The molecule has 0 bridgehead atoms. The summed E-state index contributed by atoms with van der Waals surface area (Å²) in [6.07, 6.45) is 1.27. The number of hydrazone groups is 1. The zero-order valence-corrected chi connectivity index (χ0v) is 14.9. The number of aromatic hydroxyl groups is 1. The summed E-state index contributed by atoms with van der Waals surface area (Å²) >= 11 is 5.92. The van der Waals surface area contributed by atoms with Gasteiger partial charge in [-0.25, -0.2) is 0 Å². The number of benzene rings is 3. The van der Waals surface area contributed by atoms with Gasteiger partial charge in [0.2, 0.25) is 5.91 Å². The van der Waals surface area contributed by atoms with E-state index in [2.05, 4.69) is 5.10 Å². The highest BCUT2D eigenvalue weighted by atomic mass is 35.5. The summed E-state index contributed by atoms with van der Waals surface area (Å²) in [6, 6.07) is 14.7. The molecule has 1 unspecified atom stereocenters. The van der Waals surface area contributed by atoms with E-state index in [1.165, 1.54) is 24.4 Å². The van der Waals surface area contributed by atoms with Crippen LogP contribution in [0.3, 0.4) is 0 Å². The van der Waals surface area contributed by atoms with E-state index in [9.17, 15) is 14.7 Å². The van der Waals surface area contributed by atoms with Crippen molar-refractivity contribution in [2.45, 2.75) is 5.92 Å². The smallest absolute Gasteiger partial charge is 0.230 e. The van der Waals surface area contributed by atoms with Gasteiger partial charge in [-0.2, -0.15) is 5.10 Å². The third-order valence-electron chi connectivity index (χ3n) is 4.29. The summed E-state index contributed by atoms with van der Waals surface area (Å²) in [5.41, 5.74) is 6.85. The number of halogens is 1. The van der Waals surface area contributed by atoms with Crippen molar-refractivity contribution >= 4 is 40.3 Å². The van der Waals surface area contributed by atoms with Gasteiger partial charge in [0.15, 0.2) is 5.78 Å². The summed E-state index contributed by atoms with van der Waals surface area (Å²) in [5, 5.41) is 14.4. The Morgan fingerprint density at radius 3 is 2.41 bits per heavy atom. The first kappa shape index (κ1) is 18.4.